The maximum atomic E-state index is 13.1. The highest BCUT2D eigenvalue weighted by atomic mass is 32.1. The number of thiocarbonyl (C=S) groups is 1. The number of hydrogen-bond acceptors (Lipinski definition) is 3. The van der Waals surface area contributed by atoms with Crippen LogP contribution in [0.25, 0.3) is 0 Å². The number of anilines is 1. The van der Waals surface area contributed by atoms with Gasteiger partial charge in [0.15, 0.2) is 5.11 Å². The van der Waals surface area contributed by atoms with Gasteiger partial charge in [-0.25, -0.2) is 0 Å². The van der Waals surface area contributed by atoms with E-state index in [9.17, 15) is 4.79 Å². The highest BCUT2D eigenvalue weighted by Crippen LogP contribution is 2.43. The van der Waals surface area contributed by atoms with Crippen LogP contribution in [0.15, 0.2) is 24.3 Å². The number of nitrogens with zero attached hydrogens (tertiary/aromatic N) is 3. The minimum absolute atomic E-state index is 0.0748. The van der Waals surface area contributed by atoms with Gasteiger partial charge in [-0.2, -0.15) is 0 Å². The van der Waals surface area contributed by atoms with Crippen LogP contribution < -0.4 is 10.2 Å². The lowest BCUT2D eigenvalue weighted by atomic mass is 9.80. The predicted molar refractivity (Wildman–Crippen MR) is 111 cm³/mol. The molecule has 1 amide bonds. The van der Waals surface area contributed by atoms with E-state index in [1.165, 1.54) is 5.56 Å². The number of nitrogens with one attached hydrogen (secondary N) is 1. The van der Waals surface area contributed by atoms with Crippen LogP contribution in [0.1, 0.15) is 38.7 Å². The van der Waals surface area contributed by atoms with Crippen molar-refractivity contribution in [2.75, 3.05) is 44.7 Å². The van der Waals surface area contributed by atoms with Crippen molar-refractivity contribution in [3.8, 4) is 0 Å². The molecule has 2 heterocycles. The first kappa shape index (κ1) is 19.1. The van der Waals surface area contributed by atoms with Gasteiger partial charge in [0.05, 0.1) is 6.54 Å². The van der Waals surface area contributed by atoms with Crippen LogP contribution in [-0.2, 0) is 4.79 Å². The van der Waals surface area contributed by atoms with Gasteiger partial charge in [-0.1, -0.05) is 25.1 Å². The van der Waals surface area contributed by atoms with E-state index >= 15 is 0 Å². The molecule has 0 aliphatic carbocycles. The van der Waals surface area contributed by atoms with Crippen LogP contribution >= 0.6 is 12.2 Å². The Kier molecular flexibility index (Phi) is 5.53. The first-order valence-electron chi connectivity index (χ1n) is 9.43. The highest BCUT2D eigenvalue weighted by molar-refractivity contribution is 7.80. The molecule has 3 rings (SSSR count). The van der Waals surface area contributed by atoms with Gasteiger partial charge in [-0.3, -0.25) is 4.79 Å². The monoisotopic (exact) mass is 374 g/mol. The molecule has 1 saturated heterocycles. The third kappa shape index (κ3) is 3.86. The Balaban J connectivity index is 1.69. The van der Waals surface area contributed by atoms with Gasteiger partial charge in [-0.05, 0) is 57.1 Å². The SMILES string of the molecule is CC1CC(C)(C)N(C(=O)CNC(=S)N2CCN(C)CC2)c2ccccc21. The summed E-state index contributed by atoms with van der Waals surface area (Å²) in [5.74, 6) is 0.524. The molecule has 1 atom stereocenters. The molecule has 5 nitrogen and oxygen atoms in total. The third-order valence-electron chi connectivity index (χ3n) is 5.55. The van der Waals surface area contributed by atoms with Crippen LogP contribution in [0.5, 0.6) is 0 Å². The van der Waals surface area contributed by atoms with Gasteiger partial charge in [0.25, 0.3) is 0 Å². The first-order valence-corrected chi connectivity index (χ1v) is 9.84. The Morgan fingerprint density at radius 1 is 1.23 bits per heavy atom. The summed E-state index contributed by atoms with van der Waals surface area (Å²) in [6.07, 6.45) is 0.957. The van der Waals surface area contributed by atoms with Gasteiger partial charge in [0.2, 0.25) is 5.91 Å². The lowest BCUT2D eigenvalue weighted by Crippen LogP contribution is -2.56. The second kappa shape index (κ2) is 7.53. The van der Waals surface area contributed by atoms with Gasteiger partial charge < -0.3 is 20.0 Å². The fourth-order valence-electron chi connectivity index (χ4n) is 4.21. The zero-order valence-electron chi connectivity index (χ0n) is 16.3. The first-order chi connectivity index (χ1) is 12.3. The molecule has 0 spiro atoms. The number of carbonyl (C=O) groups is 1. The minimum Gasteiger partial charge on any atom is -0.353 e. The van der Waals surface area contributed by atoms with E-state index in [-0.39, 0.29) is 18.0 Å². The molecule has 2 aliphatic heterocycles. The molecule has 0 radical (unpaired) electrons. The summed E-state index contributed by atoms with van der Waals surface area (Å²) in [4.78, 5) is 19.5. The summed E-state index contributed by atoms with van der Waals surface area (Å²) in [5.41, 5.74) is 2.08. The Morgan fingerprint density at radius 2 is 1.88 bits per heavy atom. The largest absolute Gasteiger partial charge is 0.353 e. The average Bonchev–Trinajstić information content (AvgIpc) is 2.59. The van der Waals surface area contributed by atoms with E-state index in [1.807, 2.05) is 11.0 Å². The van der Waals surface area contributed by atoms with E-state index in [0.717, 1.165) is 38.3 Å². The highest BCUT2D eigenvalue weighted by Gasteiger charge is 2.39. The van der Waals surface area contributed by atoms with Crippen molar-refractivity contribution in [2.24, 2.45) is 0 Å². The summed E-state index contributed by atoms with van der Waals surface area (Å²) >= 11 is 5.51. The molecule has 26 heavy (non-hydrogen) atoms. The molecule has 1 unspecified atom stereocenters. The number of fused-ring (bicyclic) bond motifs is 1. The Bertz CT molecular complexity index is 682. The van der Waals surface area contributed by atoms with Crippen molar-refractivity contribution < 1.29 is 4.79 Å². The fraction of sp³-hybridized carbons (Fsp3) is 0.600. The summed E-state index contributed by atoms with van der Waals surface area (Å²) < 4.78 is 0. The second-order valence-electron chi connectivity index (χ2n) is 8.15. The van der Waals surface area contributed by atoms with E-state index in [4.69, 9.17) is 12.2 Å². The van der Waals surface area contributed by atoms with Crippen LogP contribution in [0.4, 0.5) is 5.69 Å². The van der Waals surface area contributed by atoms with Crippen molar-refractivity contribution in [1.29, 1.82) is 0 Å². The predicted octanol–water partition coefficient (Wildman–Crippen LogP) is 2.43. The number of piperazine rings is 1. The third-order valence-corrected chi connectivity index (χ3v) is 5.95. The molecule has 2 aliphatic rings. The normalized spacial score (nSPS) is 22.7. The maximum absolute atomic E-state index is 13.1. The molecule has 1 fully saturated rings. The maximum Gasteiger partial charge on any atom is 0.246 e. The molecule has 1 N–H and O–H groups in total. The van der Waals surface area contributed by atoms with Crippen LogP contribution in [0, 0.1) is 0 Å². The number of hydrogen-bond donors (Lipinski definition) is 1. The van der Waals surface area contributed by atoms with Crippen molar-refractivity contribution >= 4 is 28.9 Å². The number of amides is 1. The van der Waals surface area contributed by atoms with Crippen molar-refractivity contribution in [3.05, 3.63) is 29.8 Å². The lowest BCUT2D eigenvalue weighted by molar-refractivity contribution is -0.118. The van der Waals surface area contributed by atoms with E-state index < -0.39 is 0 Å². The molecule has 0 bridgehead atoms. The number of para-hydroxylation sites is 1. The number of rotatable bonds is 2. The van der Waals surface area contributed by atoms with Gasteiger partial charge >= 0.3 is 0 Å². The fourth-order valence-corrected chi connectivity index (χ4v) is 4.46. The number of benzene rings is 1. The minimum atomic E-state index is -0.206. The van der Waals surface area contributed by atoms with Crippen molar-refractivity contribution in [3.63, 3.8) is 0 Å². The smallest absolute Gasteiger partial charge is 0.246 e. The van der Waals surface area contributed by atoms with Crippen molar-refractivity contribution in [2.45, 2.75) is 38.6 Å². The van der Waals surface area contributed by atoms with Gasteiger partial charge in [0.1, 0.15) is 0 Å². The molecule has 6 heteroatoms. The van der Waals surface area contributed by atoms with E-state index in [2.05, 4.69) is 61.1 Å². The summed E-state index contributed by atoms with van der Waals surface area (Å²) in [6, 6.07) is 8.26. The van der Waals surface area contributed by atoms with Gasteiger partial charge in [-0.15, -0.1) is 0 Å². The van der Waals surface area contributed by atoms with Crippen LogP contribution in [0.2, 0.25) is 0 Å². The zero-order valence-corrected chi connectivity index (χ0v) is 17.1. The molecule has 1 aromatic carbocycles. The molecule has 142 valence electrons. The number of likely N-dealkylation sites (N-methyl/N-ethyl adjacent to an activating group) is 1. The summed E-state index contributed by atoms with van der Waals surface area (Å²) in [7, 11) is 2.12. The van der Waals surface area contributed by atoms with E-state index in [1.54, 1.807) is 0 Å². The van der Waals surface area contributed by atoms with Crippen molar-refractivity contribution in [1.82, 2.24) is 15.1 Å². The zero-order chi connectivity index (χ0) is 18.9. The standard InChI is InChI=1S/C20H30N4OS/c1-15-13-20(2,3)24(17-8-6-5-7-16(15)17)18(25)14-21-19(26)23-11-9-22(4)10-12-23/h5-8,15H,9-14H2,1-4H3,(H,21,26). The van der Waals surface area contributed by atoms with Crippen LogP contribution in [-0.4, -0.2) is 66.1 Å². The van der Waals surface area contributed by atoms with Gasteiger partial charge in [0, 0.05) is 37.4 Å². The molecular weight excluding hydrogens is 344 g/mol. The Morgan fingerprint density at radius 3 is 2.58 bits per heavy atom. The molecule has 0 saturated carbocycles. The Labute approximate surface area is 162 Å². The van der Waals surface area contributed by atoms with E-state index in [0.29, 0.717) is 11.0 Å². The molecule has 1 aromatic rings. The Hall–Kier alpha value is -1.66. The summed E-state index contributed by atoms with van der Waals surface area (Å²) in [6.45, 7) is 10.6. The summed E-state index contributed by atoms with van der Waals surface area (Å²) in [5, 5.41) is 3.87. The lowest BCUT2D eigenvalue weighted by Gasteiger charge is -2.46. The molecular formula is C20H30N4OS. The average molecular weight is 375 g/mol. The molecule has 0 aromatic heterocycles. The van der Waals surface area contributed by atoms with Crippen LogP contribution in [0.3, 0.4) is 0 Å². The number of carbonyl (C=O) groups excluding carboxylic acids is 1. The second-order valence-corrected chi connectivity index (χ2v) is 8.54. The quantitative estimate of drug-likeness (QED) is 0.805. The topological polar surface area (TPSA) is 38.8 Å².